The van der Waals surface area contributed by atoms with Crippen LogP contribution in [0, 0.1) is 5.92 Å². The molecule has 1 spiro atoms. The van der Waals surface area contributed by atoms with Crippen molar-refractivity contribution in [3.63, 3.8) is 0 Å². The first-order valence-corrected chi connectivity index (χ1v) is 10.3. The van der Waals surface area contributed by atoms with Crippen molar-refractivity contribution in [3.05, 3.63) is 35.4 Å². The largest absolute Gasteiger partial charge is 0.356 e. The molecule has 3 heteroatoms. The number of nitrogens with one attached hydrogen (secondary N) is 1. The predicted octanol–water partition coefficient (Wildman–Crippen LogP) is 4.54. The summed E-state index contributed by atoms with van der Waals surface area (Å²) < 4.78 is 12.1. The van der Waals surface area contributed by atoms with Gasteiger partial charge in [0.05, 0.1) is 5.60 Å². The van der Waals surface area contributed by atoms with Gasteiger partial charge in [0.25, 0.3) is 0 Å². The van der Waals surface area contributed by atoms with Gasteiger partial charge in [0.1, 0.15) is 0 Å². The lowest BCUT2D eigenvalue weighted by Crippen LogP contribution is -2.47. The fourth-order valence-electron chi connectivity index (χ4n) is 5.21. The SMILES string of the molecule is COC1Cc2ccccc2C2(CCC(NCC3CCCCC3)CC2)O1. The molecule has 1 aromatic rings. The predicted molar refractivity (Wildman–Crippen MR) is 101 cm³/mol. The third-order valence-electron chi connectivity index (χ3n) is 6.73. The van der Waals surface area contributed by atoms with E-state index in [1.54, 1.807) is 7.11 Å². The van der Waals surface area contributed by atoms with E-state index in [2.05, 4.69) is 29.6 Å². The van der Waals surface area contributed by atoms with Crippen LogP contribution < -0.4 is 5.32 Å². The topological polar surface area (TPSA) is 30.5 Å². The second-order valence-electron chi connectivity index (χ2n) is 8.33. The summed E-state index contributed by atoms with van der Waals surface area (Å²) in [5.41, 5.74) is 2.70. The Morgan fingerprint density at radius 3 is 2.60 bits per heavy atom. The maximum Gasteiger partial charge on any atom is 0.162 e. The number of benzene rings is 1. The zero-order chi connectivity index (χ0) is 17.1. The minimum absolute atomic E-state index is 0.0957. The second kappa shape index (κ2) is 7.77. The van der Waals surface area contributed by atoms with Crippen LogP contribution in [0.15, 0.2) is 24.3 Å². The molecule has 1 atom stereocenters. The zero-order valence-electron chi connectivity index (χ0n) is 15.6. The van der Waals surface area contributed by atoms with E-state index in [1.807, 2.05) is 0 Å². The van der Waals surface area contributed by atoms with Gasteiger partial charge in [-0.1, -0.05) is 43.5 Å². The lowest BCUT2D eigenvalue weighted by Gasteiger charge is -2.46. The van der Waals surface area contributed by atoms with Gasteiger partial charge in [-0.2, -0.15) is 0 Å². The molecule has 0 saturated heterocycles. The highest BCUT2D eigenvalue weighted by Gasteiger charge is 2.44. The number of hydrogen-bond acceptors (Lipinski definition) is 3. The van der Waals surface area contributed by atoms with Crippen LogP contribution in [0.4, 0.5) is 0 Å². The number of fused-ring (bicyclic) bond motifs is 2. The molecule has 1 aliphatic heterocycles. The molecular formula is C22H33NO2. The molecule has 0 aromatic heterocycles. The first-order valence-electron chi connectivity index (χ1n) is 10.3. The Hall–Kier alpha value is -0.900. The molecule has 1 unspecified atom stereocenters. The maximum atomic E-state index is 6.48. The van der Waals surface area contributed by atoms with Crippen molar-refractivity contribution in [2.45, 2.75) is 82.1 Å². The summed E-state index contributed by atoms with van der Waals surface area (Å²) in [5.74, 6) is 0.911. The molecular weight excluding hydrogens is 310 g/mol. The van der Waals surface area contributed by atoms with E-state index in [4.69, 9.17) is 9.47 Å². The van der Waals surface area contributed by atoms with Crippen LogP contribution in [0.3, 0.4) is 0 Å². The number of methoxy groups -OCH3 is 1. The standard InChI is InChI=1S/C22H33NO2/c1-24-21-15-18-9-5-6-10-20(18)22(25-21)13-11-19(12-14-22)23-16-17-7-3-2-4-8-17/h5-6,9-10,17,19,21,23H,2-4,7-8,11-16H2,1H3. The Bertz CT molecular complexity index is 559. The van der Waals surface area contributed by atoms with Crippen LogP contribution in [0.1, 0.15) is 68.9 Å². The van der Waals surface area contributed by atoms with Gasteiger partial charge in [-0.3, -0.25) is 0 Å². The monoisotopic (exact) mass is 343 g/mol. The second-order valence-corrected chi connectivity index (χ2v) is 8.33. The van der Waals surface area contributed by atoms with Crippen molar-refractivity contribution in [1.29, 1.82) is 0 Å². The summed E-state index contributed by atoms with van der Waals surface area (Å²) in [4.78, 5) is 0. The van der Waals surface area contributed by atoms with Gasteiger partial charge in [-0.25, -0.2) is 0 Å². The summed E-state index contributed by atoms with van der Waals surface area (Å²) in [6.45, 7) is 1.22. The molecule has 3 aliphatic rings. The van der Waals surface area contributed by atoms with E-state index in [9.17, 15) is 0 Å². The Morgan fingerprint density at radius 2 is 1.84 bits per heavy atom. The van der Waals surface area contributed by atoms with Gasteiger partial charge in [0, 0.05) is 19.6 Å². The van der Waals surface area contributed by atoms with Crippen molar-refractivity contribution in [3.8, 4) is 0 Å². The highest BCUT2D eigenvalue weighted by molar-refractivity contribution is 5.35. The van der Waals surface area contributed by atoms with Gasteiger partial charge in [-0.05, 0) is 62.1 Å². The van der Waals surface area contributed by atoms with Crippen molar-refractivity contribution in [1.82, 2.24) is 5.32 Å². The lowest BCUT2D eigenvalue weighted by molar-refractivity contribution is -0.224. The van der Waals surface area contributed by atoms with Crippen molar-refractivity contribution >= 4 is 0 Å². The Labute approximate surface area is 152 Å². The van der Waals surface area contributed by atoms with Crippen LogP contribution in [0.25, 0.3) is 0 Å². The number of rotatable bonds is 4. The molecule has 2 saturated carbocycles. The summed E-state index contributed by atoms with van der Waals surface area (Å²) >= 11 is 0. The van der Waals surface area contributed by atoms with Crippen LogP contribution in [0.5, 0.6) is 0 Å². The summed E-state index contributed by atoms with van der Waals surface area (Å²) in [6.07, 6.45) is 12.6. The van der Waals surface area contributed by atoms with E-state index in [-0.39, 0.29) is 11.9 Å². The van der Waals surface area contributed by atoms with Crippen LogP contribution in [-0.2, 0) is 21.5 Å². The third kappa shape index (κ3) is 3.79. The van der Waals surface area contributed by atoms with E-state index in [0.717, 1.165) is 25.2 Å². The molecule has 1 N–H and O–H groups in total. The molecule has 138 valence electrons. The molecule has 1 aromatic carbocycles. The number of ether oxygens (including phenoxy) is 2. The summed E-state index contributed by atoms with van der Waals surface area (Å²) in [5, 5.41) is 3.88. The van der Waals surface area contributed by atoms with Gasteiger partial charge >= 0.3 is 0 Å². The molecule has 1 heterocycles. The van der Waals surface area contributed by atoms with E-state index in [1.165, 1.54) is 62.6 Å². The molecule has 0 bridgehead atoms. The fourth-order valence-corrected chi connectivity index (χ4v) is 5.21. The van der Waals surface area contributed by atoms with Gasteiger partial charge in [0.15, 0.2) is 6.29 Å². The smallest absolute Gasteiger partial charge is 0.162 e. The summed E-state index contributed by atoms with van der Waals surface area (Å²) in [6, 6.07) is 9.48. The highest BCUT2D eigenvalue weighted by atomic mass is 16.7. The summed E-state index contributed by atoms with van der Waals surface area (Å²) in [7, 11) is 1.77. The van der Waals surface area contributed by atoms with Gasteiger partial charge < -0.3 is 14.8 Å². The Kier molecular flexibility index (Phi) is 5.44. The molecule has 0 radical (unpaired) electrons. The minimum atomic E-state index is -0.126. The quantitative estimate of drug-likeness (QED) is 0.870. The zero-order valence-corrected chi connectivity index (χ0v) is 15.6. The van der Waals surface area contributed by atoms with Crippen LogP contribution in [0.2, 0.25) is 0 Å². The molecule has 0 amide bonds. The van der Waals surface area contributed by atoms with Gasteiger partial charge in [-0.15, -0.1) is 0 Å². The first-order chi connectivity index (χ1) is 12.3. The molecule has 25 heavy (non-hydrogen) atoms. The van der Waals surface area contributed by atoms with Crippen LogP contribution >= 0.6 is 0 Å². The average Bonchev–Trinajstić information content (AvgIpc) is 2.68. The van der Waals surface area contributed by atoms with Crippen molar-refractivity contribution < 1.29 is 9.47 Å². The van der Waals surface area contributed by atoms with E-state index >= 15 is 0 Å². The van der Waals surface area contributed by atoms with Crippen molar-refractivity contribution in [2.24, 2.45) is 5.92 Å². The number of hydrogen-bond donors (Lipinski definition) is 1. The van der Waals surface area contributed by atoms with Gasteiger partial charge in [0.2, 0.25) is 0 Å². The maximum absolute atomic E-state index is 6.48. The molecule has 2 fully saturated rings. The third-order valence-corrected chi connectivity index (χ3v) is 6.73. The Morgan fingerprint density at radius 1 is 1.08 bits per heavy atom. The van der Waals surface area contributed by atoms with Crippen LogP contribution in [-0.4, -0.2) is 26.0 Å². The highest BCUT2D eigenvalue weighted by Crippen LogP contribution is 2.46. The Balaban J connectivity index is 1.38. The van der Waals surface area contributed by atoms with E-state index in [0.29, 0.717) is 6.04 Å². The molecule has 4 rings (SSSR count). The van der Waals surface area contributed by atoms with E-state index < -0.39 is 0 Å². The minimum Gasteiger partial charge on any atom is -0.356 e. The normalized spacial score (nSPS) is 33.3. The molecule has 2 aliphatic carbocycles. The average molecular weight is 344 g/mol. The first kappa shape index (κ1) is 17.5. The fraction of sp³-hybridized carbons (Fsp3) is 0.727. The molecule has 3 nitrogen and oxygen atoms in total. The van der Waals surface area contributed by atoms with Crippen molar-refractivity contribution in [2.75, 3.05) is 13.7 Å². The lowest BCUT2D eigenvalue weighted by atomic mass is 9.74.